The standard InChI is InChI=1S/C25H20BrCl3N2O5/c1-10-5-15(26)16(27)8-17(10)30-18(32)9-36-25(35)11-3-2-4-12(6-11)31-23(33)19-13-7-14(20(19)24(31)34)22(29)21(13)28/h2-6,8,13-14,19-22H,7,9H2,1H3,(H,30,32)/t13-,14-,19-,20-,21-,22+/m1/s1. The Morgan fingerprint density at radius 2 is 1.72 bits per heavy atom. The molecular formula is C25H20BrCl3N2O5. The Morgan fingerprint density at radius 1 is 1.08 bits per heavy atom. The Morgan fingerprint density at radius 3 is 2.36 bits per heavy atom. The molecule has 1 aliphatic heterocycles. The summed E-state index contributed by atoms with van der Waals surface area (Å²) >= 11 is 22.2. The van der Waals surface area contributed by atoms with E-state index < -0.39 is 30.3 Å². The van der Waals surface area contributed by atoms with E-state index in [1.165, 1.54) is 12.1 Å². The van der Waals surface area contributed by atoms with E-state index in [1.807, 2.05) is 0 Å². The maximum absolute atomic E-state index is 13.2. The first-order chi connectivity index (χ1) is 17.1. The zero-order valence-electron chi connectivity index (χ0n) is 18.8. The van der Waals surface area contributed by atoms with Crippen molar-refractivity contribution in [2.75, 3.05) is 16.8 Å². The van der Waals surface area contributed by atoms with Gasteiger partial charge >= 0.3 is 5.97 Å². The number of aryl methyl sites for hydroxylation is 1. The molecule has 36 heavy (non-hydrogen) atoms. The van der Waals surface area contributed by atoms with Crippen LogP contribution in [0, 0.1) is 30.6 Å². The van der Waals surface area contributed by atoms with Crippen LogP contribution in [0.2, 0.25) is 5.02 Å². The molecule has 3 amide bonds. The maximum atomic E-state index is 13.2. The number of rotatable bonds is 5. The van der Waals surface area contributed by atoms with Crippen LogP contribution in [-0.2, 0) is 19.1 Å². The van der Waals surface area contributed by atoms with Crippen LogP contribution in [0.25, 0.3) is 0 Å². The molecule has 0 radical (unpaired) electrons. The first-order valence-electron chi connectivity index (χ1n) is 11.3. The number of amides is 3. The molecule has 5 rings (SSSR count). The van der Waals surface area contributed by atoms with Crippen molar-refractivity contribution >= 4 is 85.8 Å². The molecule has 2 aromatic rings. The van der Waals surface area contributed by atoms with Gasteiger partial charge in [-0.15, -0.1) is 23.2 Å². The van der Waals surface area contributed by atoms with Gasteiger partial charge in [0.05, 0.1) is 38.9 Å². The number of benzene rings is 2. The molecule has 2 bridgehead atoms. The molecule has 6 atom stereocenters. The summed E-state index contributed by atoms with van der Waals surface area (Å²) in [5.74, 6) is -3.20. The van der Waals surface area contributed by atoms with E-state index in [9.17, 15) is 19.2 Å². The second-order valence-electron chi connectivity index (χ2n) is 9.27. The number of ether oxygens (including phenoxy) is 1. The second-order valence-corrected chi connectivity index (χ2v) is 11.5. The molecule has 1 saturated heterocycles. The smallest absolute Gasteiger partial charge is 0.338 e. The molecular weight excluding hydrogens is 595 g/mol. The van der Waals surface area contributed by atoms with Gasteiger partial charge in [0.15, 0.2) is 6.61 Å². The molecule has 11 heteroatoms. The number of anilines is 2. The number of fused-ring (bicyclic) bond motifs is 5. The number of halogens is 4. The molecule has 3 aliphatic rings. The van der Waals surface area contributed by atoms with Gasteiger partial charge in [-0.1, -0.05) is 17.7 Å². The predicted molar refractivity (Wildman–Crippen MR) is 140 cm³/mol. The Labute approximate surface area is 230 Å². The van der Waals surface area contributed by atoms with Crippen LogP contribution in [0.3, 0.4) is 0 Å². The summed E-state index contributed by atoms with van der Waals surface area (Å²) < 4.78 is 5.85. The number of esters is 1. The average molecular weight is 615 g/mol. The number of alkyl halides is 2. The van der Waals surface area contributed by atoms with E-state index in [0.29, 0.717) is 21.6 Å². The number of nitrogens with one attached hydrogen (secondary N) is 1. The topological polar surface area (TPSA) is 92.8 Å². The lowest BCUT2D eigenvalue weighted by Gasteiger charge is -2.28. The maximum Gasteiger partial charge on any atom is 0.338 e. The largest absolute Gasteiger partial charge is 0.452 e. The van der Waals surface area contributed by atoms with Crippen LogP contribution < -0.4 is 10.2 Å². The van der Waals surface area contributed by atoms with Gasteiger partial charge in [-0.25, -0.2) is 4.79 Å². The highest BCUT2D eigenvalue weighted by molar-refractivity contribution is 9.10. The summed E-state index contributed by atoms with van der Waals surface area (Å²) in [4.78, 5) is 52.5. The summed E-state index contributed by atoms with van der Waals surface area (Å²) in [5, 5.41) is 2.39. The fourth-order valence-electron chi connectivity index (χ4n) is 5.56. The molecule has 1 N–H and O–H groups in total. The molecule has 0 spiro atoms. The number of carbonyl (C=O) groups excluding carboxylic acids is 4. The highest BCUT2D eigenvalue weighted by Crippen LogP contribution is 2.59. The minimum absolute atomic E-state index is 0.106. The Kier molecular flexibility index (Phi) is 6.83. The lowest BCUT2D eigenvalue weighted by molar-refractivity contribution is -0.123. The van der Waals surface area contributed by atoms with Crippen molar-refractivity contribution in [3.63, 3.8) is 0 Å². The molecule has 2 aromatic carbocycles. The highest BCUT2D eigenvalue weighted by Gasteiger charge is 2.66. The number of imide groups is 1. The Balaban J connectivity index is 1.26. The van der Waals surface area contributed by atoms with Crippen LogP contribution in [0.1, 0.15) is 22.3 Å². The predicted octanol–water partition coefficient (Wildman–Crippen LogP) is 5.18. The monoisotopic (exact) mass is 612 g/mol. The molecule has 2 saturated carbocycles. The van der Waals surface area contributed by atoms with E-state index in [-0.39, 0.29) is 45.7 Å². The lowest BCUT2D eigenvalue weighted by atomic mass is 9.80. The van der Waals surface area contributed by atoms with Crippen LogP contribution in [0.15, 0.2) is 40.9 Å². The van der Waals surface area contributed by atoms with Crippen molar-refractivity contribution in [3.8, 4) is 0 Å². The first kappa shape index (κ1) is 25.5. The number of carbonyl (C=O) groups is 4. The van der Waals surface area contributed by atoms with Gasteiger partial charge in [0.25, 0.3) is 5.91 Å². The van der Waals surface area contributed by atoms with Crippen LogP contribution in [0.4, 0.5) is 11.4 Å². The van der Waals surface area contributed by atoms with Crippen molar-refractivity contribution in [1.29, 1.82) is 0 Å². The fourth-order valence-corrected chi connectivity index (χ4v) is 7.07. The van der Waals surface area contributed by atoms with Gasteiger partial charge < -0.3 is 10.1 Å². The summed E-state index contributed by atoms with van der Waals surface area (Å²) in [7, 11) is 0. The van der Waals surface area contributed by atoms with E-state index in [1.54, 1.807) is 31.2 Å². The molecule has 0 aromatic heterocycles. The van der Waals surface area contributed by atoms with Crippen molar-refractivity contribution in [2.45, 2.75) is 24.1 Å². The molecule has 0 unspecified atom stereocenters. The molecule has 2 aliphatic carbocycles. The van der Waals surface area contributed by atoms with Gasteiger partial charge in [-0.05, 0) is 77.0 Å². The third-order valence-electron chi connectivity index (χ3n) is 7.20. The molecule has 7 nitrogen and oxygen atoms in total. The van der Waals surface area contributed by atoms with E-state index in [4.69, 9.17) is 39.5 Å². The van der Waals surface area contributed by atoms with Gasteiger partial charge in [0.1, 0.15) is 0 Å². The van der Waals surface area contributed by atoms with Gasteiger partial charge in [-0.3, -0.25) is 19.3 Å². The van der Waals surface area contributed by atoms with Crippen molar-refractivity contribution < 1.29 is 23.9 Å². The Bertz CT molecular complexity index is 1270. The number of hydrogen-bond acceptors (Lipinski definition) is 5. The molecule has 3 fully saturated rings. The Hall–Kier alpha value is -2.13. The van der Waals surface area contributed by atoms with Crippen LogP contribution in [-0.4, -0.2) is 41.1 Å². The fraction of sp³-hybridized carbons (Fsp3) is 0.360. The van der Waals surface area contributed by atoms with Crippen LogP contribution >= 0.6 is 50.7 Å². The highest BCUT2D eigenvalue weighted by atomic mass is 79.9. The summed E-state index contributed by atoms with van der Waals surface area (Å²) in [6, 6.07) is 9.39. The van der Waals surface area contributed by atoms with E-state index in [2.05, 4.69) is 21.2 Å². The number of nitrogens with zero attached hydrogens (tertiary/aromatic N) is 1. The van der Waals surface area contributed by atoms with Crippen molar-refractivity contribution in [3.05, 3.63) is 57.0 Å². The van der Waals surface area contributed by atoms with Gasteiger partial charge in [0.2, 0.25) is 11.8 Å². The average Bonchev–Trinajstić information content (AvgIpc) is 3.45. The van der Waals surface area contributed by atoms with E-state index in [0.717, 1.165) is 10.5 Å². The SMILES string of the molecule is Cc1cc(Br)c(Cl)cc1NC(=O)COC(=O)c1cccc(N2C(=O)[C@@H]3[C@H]4C[C@@H]([C@@H](Cl)[C@H]4Cl)[C@H]3C2=O)c1. The lowest BCUT2D eigenvalue weighted by Crippen LogP contribution is -2.37. The molecule has 1 heterocycles. The first-order valence-corrected chi connectivity index (χ1v) is 13.3. The van der Waals surface area contributed by atoms with Crippen molar-refractivity contribution in [1.82, 2.24) is 0 Å². The number of hydrogen-bond donors (Lipinski definition) is 1. The minimum atomic E-state index is -0.765. The summed E-state index contributed by atoms with van der Waals surface area (Å²) in [6.07, 6.45) is 0.670. The van der Waals surface area contributed by atoms with E-state index >= 15 is 0 Å². The van der Waals surface area contributed by atoms with Crippen LogP contribution in [0.5, 0.6) is 0 Å². The van der Waals surface area contributed by atoms with Crippen molar-refractivity contribution in [2.24, 2.45) is 23.7 Å². The minimum Gasteiger partial charge on any atom is -0.452 e. The van der Waals surface area contributed by atoms with Gasteiger partial charge in [-0.2, -0.15) is 0 Å². The quantitative estimate of drug-likeness (QED) is 0.285. The zero-order valence-corrected chi connectivity index (χ0v) is 22.7. The zero-order chi connectivity index (χ0) is 25.9. The normalized spacial score (nSPS) is 28.4. The summed E-state index contributed by atoms with van der Waals surface area (Å²) in [5.41, 5.74) is 1.65. The third-order valence-corrected chi connectivity index (χ3v) is 9.72. The second kappa shape index (κ2) is 9.63. The molecule has 188 valence electrons. The summed E-state index contributed by atoms with van der Waals surface area (Å²) in [6.45, 7) is 1.27. The van der Waals surface area contributed by atoms with Gasteiger partial charge in [0, 0.05) is 10.2 Å². The third kappa shape index (κ3) is 4.22.